The molecule has 258 valence electrons. The summed E-state index contributed by atoms with van der Waals surface area (Å²) in [6.07, 6.45) is 6.14. The maximum Gasteiger partial charge on any atom is 0.306 e. The second kappa shape index (κ2) is 12.7. The largest absolute Gasteiger partial charge is 0.457 e. The van der Waals surface area contributed by atoms with Crippen molar-refractivity contribution in [3.63, 3.8) is 0 Å². The molecule has 0 bridgehead atoms. The van der Waals surface area contributed by atoms with Crippen molar-refractivity contribution in [2.45, 2.75) is 33.0 Å². The number of benzene rings is 5. The van der Waals surface area contributed by atoms with Crippen LogP contribution < -0.4 is 10.3 Å². The highest BCUT2D eigenvalue weighted by molar-refractivity contribution is 6.70. The minimum absolute atomic E-state index is 0.00238. The van der Waals surface area contributed by atoms with Crippen molar-refractivity contribution in [2.75, 3.05) is 7.05 Å². The van der Waals surface area contributed by atoms with Gasteiger partial charge < -0.3 is 14.1 Å². The molecule has 7 heteroatoms. The van der Waals surface area contributed by atoms with Crippen LogP contribution in [-0.2, 0) is 5.41 Å². The zero-order valence-electron chi connectivity index (χ0n) is 30.7. The van der Waals surface area contributed by atoms with Gasteiger partial charge in [-0.15, -0.1) is 0 Å². The Kier molecular flexibility index (Phi) is 7.81. The van der Waals surface area contributed by atoms with Gasteiger partial charge in [0.2, 0.25) is 0 Å². The fraction of sp³-hybridized carbons (Fsp3) is 0.130. The van der Waals surface area contributed by atoms with Crippen LogP contribution in [0.15, 0.2) is 146 Å². The molecule has 0 amide bonds. The Labute approximate surface area is 310 Å². The standard InChI is InChI=1S/C46H40BN5O/c1-46(2,3)33-24-26-48-43(29-33)51-41-21-12-10-19-37(41)38-23-22-35(30-42(38)51)53-34-17-13-16-32(28-34)45-49-39-25-27-50(5)47(4)44(39)52(45)40-20-11-9-18-36(40)31-14-7-6-8-15-31/h6-30H,1-5H3. The number of aromatic nitrogens is 4. The van der Waals surface area contributed by atoms with Gasteiger partial charge in [-0.2, -0.15) is 0 Å². The van der Waals surface area contributed by atoms with E-state index in [1.807, 2.05) is 12.3 Å². The van der Waals surface area contributed by atoms with Crippen molar-refractivity contribution >= 4 is 40.3 Å². The van der Waals surface area contributed by atoms with Gasteiger partial charge in [-0.3, -0.25) is 4.57 Å². The molecule has 0 saturated heterocycles. The molecule has 4 heterocycles. The first kappa shape index (κ1) is 32.6. The number of para-hydroxylation sites is 2. The fourth-order valence-corrected chi connectivity index (χ4v) is 7.55. The first-order chi connectivity index (χ1) is 25.7. The molecule has 3 aromatic heterocycles. The van der Waals surface area contributed by atoms with Crippen molar-refractivity contribution < 1.29 is 4.74 Å². The molecule has 5 aromatic carbocycles. The third-order valence-corrected chi connectivity index (χ3v) is 10.5. The predicted octanol–water partition coefficient (Wildman–Crippen LogP) is 10.5. The average Bonchev–Trinajstić information content (AvgIpc) is 3.73. The Morgan fingerprint density at radius 2 is 1.40 bits per heavy atom. The highest BCUT2D eigenvalue weighted by atomic mass is 16.5. The quantitative estimate of drug-likeness (QED) is 0.163. The van der Waals surface area contributed by atoms with Crippen molar-refractivity contribution in [1.29, 1.82) is 0 Å². The highest BCUT2D eigenvalue weighted by Crippen LogP contribution is 2.37. The molecule has 9 rings (SSSR count). The summed E-state index contributed by atoms with van der Waals surface area (Å²) < 4.78 is 11.3. The summed E-state index contributed by atoms with van der Waals surface area (Å²) in [4.78, 5) is 12.4. The lowest BCUT2D eigenvalue weighted by Crippen LogP contribution is -2.47. The van der Waals surface area contributed by atoms with E-state index >= 15 is 0 Å². The summed E-state index contributed by atoms with van der Waals surface area (Å²) >= 11 is 0. The third-order valence-electron chi connectivity index (χ3n) is 10.5. The maximum absolute atomic E-state index is 6.70. The minimum Gasteiger partial charge on any atom is -0.457 e. The summed E-state index contributed by atoms with van der Waals surface area (Å²) in [5, 5.41) is 2.33. The van der Waals surface area contributed by atoms with E-state index < -0.39 is 0 Å². The van der Waals surface area contributed by atoms with Gasteiger partial charge in [0.05, 0.1) is 22.4 Å². The Morgan fingerprint density at radius 1 is 0.660 bits per heavy atom. The first-order valence-corrected chi connectivity index (χ1v) is 18.2. The van der Waals surface area contributed by atoms with Crippen molar-refractivity contribution in [3.05, 3.63) is 157 Å². The van der Waals surface area contributed by atoms with Gasteiger partial charge in [-0.05, 0) is 84.4 Å². The molecule has 0 atom stereocenters. The van der Waals surface area contributed by atoms with Gasteiger partial charge in [0, 0.05) is 39.8 Å². The van der Waals surface area contributed by atoms with E-state index in [1.165, 1.54) is 10.9 Å². The van der Waals surface area contributed by atoms with Crippen LogP contribution >= 0.6 is 0 Å². The molecule has 0 radical (unpaired) electrons. The molecule has 0 aliphatic carbocycles. The molecule has 1 aliphatic heterocycles. The minimum atomic E-state index is -0.00238. The first-order valence-electron chi connectivity index (χ1n) is 18.2. The van der Waals surface area contributed by atoms with E-state index in [2.05, 4.69) is 188 Å². The average molecular weight is 690 g/mol. The third kappa shape index (κ3) is 5.69. The topological polar surface area (TPSA) is 48.1 Å². The molecule has 53 heavy (non-hydrogen) atoms. The van der Waals surface area contributed by atoms with Gasteiger partial charge in [0.1, 0.15) is 23.1 Å². The normalized spacial score (nSPS) is 12.8. The maximum atomic E-state index is 6.70. The van der Waals surface area contributed by atoms with E-state index in [1.54, 1.807) is 0 Å². The van der Waals surface area contributed by atoms with E-state index in [0.29, 0.717) is 0 Å². The van der Waals surface area contributed by atoms with Crippen LogP contribution in [0.25, 0.3) is 61.9 Å². The van der Waals surface area contributed by atoms with E-state index in [9.17, 15) is 0 Å². The number of hydrogen-bond donors (Lipinski definition) is 0. The zero-order valence-corrected chi connectivity index (χ0v) is 30.7. The van der Waals surface area contributed by atoms with Crippen molar-refractivity contribution in [2.24, 2.45) is 0 Å². The fourth-order valence-electron chi connectivity index (χ4n) is 7.55. The number of ether oxygens (including phenoxy) is 1. The van der Waals surface area contributed by atoms with Gasteiger partial charge >= 0.3 is 6.85 Å². The van der Waals surface area contributed by atoms with E-state index in [-0.39, 0.29) is 12.3 Å². The van der Waals surface area contributed by atoms with Crippen LogP contribution in [0.5, 0.6) is 11.5 Å². The molecule has 0 saturated carbocycles. The zero-order chi connectivity index (χ0) is 36.3. The lowest BCUT2D eigenvalue weighted by atomic mass is 9.58. The van der Waals surface area contributed by atoms with Gasteiger partial charge in [-0.1, -0.05) is 106 Å². The van der Waals surface area contributed by atoms with Crippen molar-refractivity contribution in [1.82, 2.24) is 23.9 Å². The predicted molar refractivity (Wildman–Crippen MR) is 220 cm³/mol. The molecule has 0 unspecified atom stereocenters. The lowest BCUT2D eigenvalue weighted by molar-refractivity contribution is 0.483. The molecule has 0 fully saturated rings. The number of rotatable bonds is 6. The number of hydrogen-bond acceptors (Lipinski definition) is 4. The second-order valence-corrected chi connectivity index (χ2v) is 14.9. The molecule has 8 aromatic rings. The summed E-state index contributed by atoms with van der Waals surface area (Å²) in [6, 6.07) is 46.6. The molecule has 1 aliphatic rings. The SMILES string of the molecule is CB1c2c(nc(-c3cccc(Oc4ccc5c6ccccc6n(-c6cc(C(C)(C)C)ccn6)c5c4)c3)n2-c2ccccc2-c2ccccc2)C=CN1C. The number of pyridine rings is 1. The second-order valence-electron chi connectivity index (χ2n) is 14.9. The van der Waals surface area contributed by atoms with Gasteiger partial charge in [-0.25, -0.2) is 9.97 Å². The molecular weight excluding hydrogens is 649 g/mol. The molecule has 0 N–H and O–H groups in total. The van der Waals surface area contributed by atoms with Crippen molar-refractivity contribution in [3.8, 4) is 45.5 Å². The smallest absolute Gasteiger partial charge is 0.306 e. The van der Waals surface area contributed by atoms with Crippen LogP contribution in [-0.4, -0.2) is 37.8 Å². The van der Waals surface area contributed by atoms with Crippen LogP contribution in [0.4, 0.5) is 0 Å². The highest BCUT2D eigenvalue weighted by Gasteiger charge is 2.31. The number of fused-ring (bicyclic) bond motifs is 4. The van der Waals surface area contributed by atoms with Gasteiger partial charge in [0.25, 0.3) is 0 Å². The Balaban J connectivity index is 1.16. The lowest BCUT2D eigenvalue weighted by Gasteiger charge is -2.26. The Hall–Kier alpha value is -6.34. The van der Waals surface area contributed by atoms with Crippen LogP contribution in [0, 0.1) is 0 Å². The Morgan fingerprint density at radius 3 is 2.25 bits per heavy atom. The monoisotopic (exact) mass is 689 g/mol. The number of nitrogens with zero attached hydrogens (tertiary/aromatic N) is 5. The van der Waals surface area contributed by atoms with E-state index in [0.717, 1.165) is 73.2 Å². The summed E-state index contributed by atoms with van der Waals surface area (Å²) in [7, 11) is 2.12. The molecule has 0 spiro atoms. The number of imidazole rings is 1. The van der Waals surface area contributed by atoms with Gasteiger partial charge in [0.15, 0.2) is 0 Å². The van der Waals surface area contributed by atoms with E-state index in [4.69, 9.17) is 14.7 Å². The summed E-state index contributed by atoms with van der Waals surface area (Å²) in [5.41, 5.74) is 9.90. The summed E-state index contributed by atoms with van der Waals surface area (Å²) in [6.45, 7) is 9.06. The molecular formula is C46H40BN5O. The van der Waals surface area contributed by atoms with Crippen LogP contribution in [0.2, 0.25) is 6.82 Å². The summed E-state index contributed by atoms with van der Waals surface area (Å²) in [5.74, 6) is 3.25. The Bertz CT molecular complexity index is 2680. The van der Waals surface area contributed by atoms with Crippen LogP contribution in [0.1, 0.15) is 32.0 Å². The van der Waals surface area contributed by atoms with Crippen LogP contribution in [0.3, 0.4) is 0 Å². The molecule has 6 nitrogen and oxygen atoms in total.